The Morgan fingerprint density at radius 2 is 1.29 bits per heavy atom. The highest BCUT2D eigenvalue weighted by atomic mass is 79.9. The van der Waals surface area contributed by atoms with Crippen molar-refractivity contribution in [3.63, 3.8) is 0 Å². The zero-order chi connectivity index (χ0) is 33.9. The summed E-state index contributed by atoms with van der Waals surface area (Å²) in [4.78, 5) is 18.6. The van der Waals surface area contributed by atoms with Crippen molar-refractivity contribution in [2.75, 3.05) is 0 Å². The quantitative estimate of drug-likeness (QED) is 0.191. The average Bonchev–Trinajstić information content (AvgIpc) is 3.58. The maximum absolute atomic E-state index is 11.8. The molecule has 0 saturated carbocycles. The predicted molar refractivity (Wildman–Crippen MR) is 204 cm³/mol. The van der Waals surface area contributed by atoms with Crippen molar-refractivity contribution in [2.24, 2.45) is 33.4 Å². The van der Waals surface area contributed by atoms with Crippen molar-refractivity contribution in [2.45, 2.75) is 107 Å². The molecule has 0 fully saturated rings. The number of aromatic nitrogens is 1. The third-order valence-corrected chi connectivity index (χ3v) is 9.65. The Morgan fingerprint density at radius 1 is 0.756 bits per heavy atom. The van der Waals surface area contributed by atoms with Gasteiger partial charge in [-0.2, -0.15) is 0 Å². The molecule has 3 atom stereocenters. The van der Waals surface area contributed by atoms with Crippen LogP contribution in [0.25, 0.3) is 0 Å². The van der Waals surface area contributed by atoms with Gasteiger partial charge in [0.2, 0.25) is 0 Å². The number of nitrogens with two attached hydrogens (primary N) is 3. The molecule has 0 aliphatic rings. The van der Waals surface area contributed by atoms with E-state index in [9.17, 15) is 4.79 Å². The second-order valence-corrected chi connectivity index (χ2v) is 17.8. The van der Waals surface area contributed by atoms with Crippen LogP contribution >= 0.6 is 38.6 Å². The van der Waals surface area contributed by atoms with Crippen LogP contribution in [-0.4, -0.2) is 28.9 Å². The van der Waals surface area contributed by atoms with E-state index in [4.69, 9.17) is 17.2 Å². The van der Waals surface area contributed by atoms with E-state index < -0.39 is 6.04 Å². The third kappa shape index (κ3) is 16.4. The standard InChI is InChI=1S/C12H18BrNS.C12H18N2O.C12H19NS.CH4/c1-8(12(2,3)4)10(14)7-9-5-6-11(13)15-9;1-12(2,3)11(15)10(13)8-9-6-4-5-7-14-9;1-9(12(2,3)4)11(13)8-10-6-5-7-14-10;/h5-6,10H,1,7,14H2,2-4H3;4-7,10H,8,13H2,1-3H3;5-7,11H,1,8,13H2,2-4H3;1H4/t2*10-;11-;/m111./s1. The van der Waals surface area contributed by atoms with E-state index in [1.54, 1.807) is 28.9 Å². The molecule has 3 heterocycles. The number of Topliss-reactive ketones (excluding diaryl/α,β-unsaturated/α-hetero) is 1. The lowest BCUT2D eigenvalue weighted by molar-refractivity contribution is -0.127. The van der Waals surface area contributed by atoms with Crippen molar-refractivity contribution in [1.82, 2.24) is 4.98 Å². The molecule has 252 valence electrons. The molecule has 0 bridgehead atoms. The summed E-state index contributed by atoms with van der Waals surface area (Å²) in [5.41, 5.74) is 21.0. The highest BCUT2D eigenvalue weighted by Gasteiger charge is 2.27. The van der Waals surface area contributed by atoms with E-state index in [0.717, 1.165) is 33.5 Å². The van der Waals surface area contributed by atoms with Gasteiger partial charge in [0.25, 0.3) is 0 Å². The number of pyridine rings is 1. The van der Waals surface area contributed by atoms with Crippen LogP contribution in [0.4, 0.5) is 0 Å². The minimum atomic E-state index is -0.458. The highest BCUT2D eigenvalue weighted by Crippen LogP contribution is 2.30. The molecular weight excluding hydrogens is 660 g/mol. The van der Waals surface area contributed by atoms with Crippen LogP contribution in [-0.2, 0) is 24.1 Å². The summed E-state index contributed by atoms with van der Waals surface area (Å²) < 4.78 is 1.16. The van der Waals surface area contributed by atoms with Gasteiger partial charge in [-0.1, -0.05) is 106 Å². The molecule has 5 nitrogen and oxygen atoms in total. The van der Waals surface area contributed by atoms with Crippen LogP contribution in [0.15, 0.2) is 82.1 Å². The summed E-state index contributed by atoms with van der Waals surface area (Å²) in [6, 6.07) is 13.7. The van der Waals surface area contributed by atoms with Crippen LogP contribution in [0.1, 0.15) is 85.2 Å². The van der Waals surface area contributed by atoms with E-state index >= 15 is 0 Å². The smallest absolute Gasteiger partial charge is 0.155 e. The lowest BCUT2D eigenvalue weighted by atomic mass is 9.82. The first-order chi connectivity index (χ1) is 20.1. The number of carbonyl (C=O) groups excluding carboxylic acids is 1. The number of hydrogen-bond donors (Lipinski definition) is 3. The van der Waals surface area contributed by atoms with Gasteiger partial charge in [0.15, 0.2) is 5.78 Å². The van der Waals surface area contributed by atoms with E-state index in [1.165, 1.54) is 9.75 Å². The van der Waals surface area contributed by atoms with Crippen molar-refractivity contribution < 1.29 is 4.79 Å². The first kappa shape index (κ1) is 43.1. The van der Waals surface area contributed by atoms with Gasteiger partial charge in [0, 0.05) is 58.4 Å². The summed E-state index contributed by atoms with van der Waals surface area (Å²) >= 11 is 6.95. The average molecular weight is 720 g/mol. The Morgan fingerprint density at radius 3 is 1.67 bits per heavy atom. The Bertz CT molecular complexity index is 1300. The largest absolute Gasteiger partial charge is 0.324 e. The molecule has 0 aromatic carbocycles. The highest BCUT2D eigenvalue weighted by molar-refractivity contribution is 9.11. The molecule has 0 radical (unpaired) electrons. The zero-order valence-electron chi connectivity index (χ0n) is 28.2. The predicted octanol–water partition coefficient (Wildman–Crippen LogP) is 9.41. The van der Waals surface area contributed by atoms with Crippen LogP contribution < -0.4 is 17.2 Å². The SMILES string of the molecule is C.C=C([C@H](N)Cc1ccc(Br)s1)C(C)(C)C.C=C([C@H](N)Cc1cccs1)C(C)(C)C.CC(C)(C)C(=O)[C@H](N)Cc1ccccn1. The topological polar surface area (TPSA) is 108 Å². The molecule has 0 amide bonds. The van der Waals surface area contributed by atoms with Crippen LogP contribution in [0, 0.1) is 16.2 Å². The summed E-state index contributed by atoms with van der Waals surface area (Å²) in [6.45, 7) is 26.8. The Kier molecular flexibility index (Phi) is 18.2. The molecule has 3 rings (SSSR count). The number of thiophene rings is 2. The minimum absolute atomic E-state index is 0. The van der Waals surface area contributed by atoms with Gasteiger partial charge in [-0.3, -0.25) is 9.78 Å². The molecule has 6 N–H and O–H groups in total. The fourth-order valence-corrected chi connectivity index (χ4v) is 6.38. The third-order valence-electron chi connectivity index (χ3n) is 7.10. The van der Waals surface area contributed by atoms with Gasteiger partial charge in [0.05, 0.1) is 9.83 Å². The fourth-order valence-electron chi connectivity index (χ4n) is 4.08. The normalized spacial score (nSPS) is 13.5. The molecule has 45 heavy (non-hydrogen) atoms. The maximum atomic E-state index is 11.8. The Hall–Kier alpha value is -1.94. The second-order valence-electron chi connectivity index (χ2n) is 14.2. The first-order valence-corrected chi connectivity index (χ1v) is 17.5. The van der Waals surface area contributed by atoms with Gasteiger partial charge >= 0.3 is 0 Å². The van der Waals surface area contributed by atoms with Gasteiger partial charge in [-0.25, -0.2) is 0 Å². The fraction of sp³-hybridized carbons (Fsp3) is 0.514. The molecule has 3 aromatic rings. The molecule has 0 aliphatic carbocycles. The van der Waals surface area contributed by atoms with E-state index in [1.807, 2.05) is 39.0 Å². The van der Waals surface area contributed by atoms with Crippen molar-refractivity contribution in [1.29, 1.82) is 0 Å². The molecule has 3 aromatic heterocycles. The second kappa shape index (κ2) is 19.0. The molecule has 0 aliphatic heterocycles. The van der Waals surface area contributed by atoms with Gasteiger partial charge in [0.1, 0.15) is 0 Å². The Labute approximate surface area is 290 Å². The number of ketones is 1. The van der Waals surface area contributed by atoms with E-state index in [0.29, 0.717) is 6.42 Å². The Balaban J connectivity index is 0.000000639. The number of hydrogen-bond acceptors (Lipinski definition) is 7. The molecule has 8 heteroatoms. The lowest BCUT2D eigenvalue weighted by Crippen LogP contribution is -2.40. The van der Waals surface area contributed by atoms with Gasteiger partial charge in [-0.15, -0.1) is 22.7 Å². The van der Waals surface area contributed by atoms with Crippen molar-refractivity contribution in [3.8, 4) is 0 Å². The maximum Gasteiger partial charge on any atom is 0.155 e. The van der Waals surface area contributed by atoms with Crippen LogP contribution in [0.2, 0.25) is 0 Å². The number of halogens is 1. The monoisotopic (exact) mass is 718 g/mol. The molecular formula is C37H59BrN4OS2. The number of carbonyl (C=O) groups is 1. The van der Waals surface area contributed by atoms with E-state index in [-0.39, 0.29) is 41.5 Å². The summed E-state index contributed by atoms with van der Waals surface area (Å²) in [7, 11) is 0. The van der Waals surface area contributed by atoms with Crippen molar-refractivity contribution in [3.05, 3.63) is 97.6 Å². The van der Waals surface area contributed by atoms with Crippen LogP contribution in [0.3, 0.4) is 0 Å². The molecule has 0 saturated heterocycles. The van der Waals surface area contributed by atoms with Crippen LogP contribution in [0.5, 0.6) is 0 Å². The van der Waals surface area contributed by atoms with E-state index in [2.05, 4.69) is 105 Å². The molecule has 0 spiro atoms. The van der Waals surface area contributed by atoms with Gasteiger partial charge in [-0.05, 0) is 62.5 Å². The lowest BCUT2D eigenvalue weighted by Gasteiger charge is -2.26. The van der Waals surface area contributed by atoms with Crippen molar-refractivity contribution >= 4 is 44.4 Å². The summed E-state index contributed by atoms with van der Waals surface area (Å²) in [5.74, 6) is 0.0770. The minimum Gasteiger partial charge on any atom is -0.324 e. The number of nitrogens with zero attached hydrogens (tertiary/aromatic N) is 1. The zero-order valence-corrected chi connectivity index (χ0v) is 31.5. The first-order valence-electron chi connectivity index (χ1n) is 15.0. The summed E-state index contributed by atoms with van der Waals surface area (Å²) in [6.07, 6.45) is 4.01. The molecule has 0 unspecified atom stereocenters. The van der Waals surface area contributed by atoms with Gasteiger partial charge < -0.3 is 17.2 Å². The summed E-state index contributed by atoms with van der Waals surface area (Å²) in [5, 5.41) is 2.09. The number of rotatable bonds is 9.